The average Bonchev–Trinajstić information content (AvgIpc) is 3.11. The summed E-state index contributed by atoms with van der Waals surface area (Å²) in [6.07, 6.45) is 4.06. The molecule has 2 saturated heterocycles. The van der Waals surface area contributed by atoms with Crippen LogP contribution < -0.4 is 5.73 Å². The monoisotopic (exact) mass is 225 g/mol. The van der Waals surface area contributed by atoms with Crippen molar-refractivity contribution in [2.24, 2.45) is 5.73 Å². The molecule has 1 unspecified atom stereocenters. The van der Waals surface area contributed by atoms with E-state index in [9.17, 15) is 0 Å². The first kappa shape index (κ1) is 11.0. The highest BCUT2D eigenvalue weighted by molar-refractivity contribution is 5.03. The molecule has 3 aliphatic rings. The molecule has 4 nitrogen and oxygen atoms in total. The van der Waals surface area contributed by atoms with Crippen molar-refractivity contribution in [1.29, 1.82) is 0 Å². The van der Waals surface area contributed by atoms with Gasteiger partial charge in [-0.1, -0.05) is 0 Å². The van der Waals surface area contributed by atoms with E-state index in [4.69, 9.17) is 10.5 Å². The van der Waals surface area contributed by atoms with E-state index in [-0.39, 0.29) is 5.54 Å². The van der Waals surface area contributed by atoms with Gasteiger partial charge in [0.05, 0.1) is 13.2 Å². The number of morpholine rings is 1. The fourth-order valence-electron chi connectivity index (χ4n) is 3.23. The number of likely N-dealkylation sites (tertiary alicyclic amines) is 1. The highest BCUT2D eigenvalue weighted by Gasteiger charge is 2.45. The van der Waals surface area contributed by atoms with E-state index < -0.39 is 0 Å². The summed E-state index contributed by atoms with van der Waals surface area (Å²) in [6.45, 7) is 7.13. The predicted octanol–water partition coefficient (Wildman–Crippen LogP) is -0.116. The third-order valence-corrected chi connectivity index (χ3v) is 4.49. The highest BCUT2D eigenvalue weighted by Crippen LogP contribution is 2.35. The fourth-order valence-corrected chi connectivity index (χ4v) is 3.23. The minimum Gasteiger partial charge on any atom is -0.379 e. The van der Waals surface area contributed by atoms with E-state index >= 15 is 0 Å². The van der Waals surface area contributed by atoms with Crippen molar-refractivity contribution in [2.75, 3.05) is 45.9 Å². The van der Waals surface area contributed by atoms with E-state index in [1.54, 1.807) is 0 Å². The minimum absolute atomic E-state index is 0.256. The number of hydrogen-bond donors (Lipinski definition) is 1. The zero-order chi connectivity index (χ0) is 11.0. The van der Waals surface area contributed by atoms with Crippen LogP contribution in [0.15, 0.2) is 0 Å². The van der Waals surface area contributed by atoms with Crippen molar-refractivity contribution < 1.29 is 4.74 Å². The summed E-state index contributed by atoms with van der Waals surface area (Å²) in [5.74, 6) is 0. The van der Waals surface area contributed by atoms with Gasteiger partial charge in [0, 0.05) is 44.3 Å². The van der Waals surface area contributed by atoms with E-state index in [1.807, 2.05) is 0 Å². The van der Waals surface area contributed by atoms with E-state index in [0.717, 1.165) is 38.9 Å². The lowest BCUT2D eigenvalue weighted by atomic mass is 9.95. The molecule has 0 radical (unpaired) electrons. The topological polar surface area (TPSA) is 41.7 Å². The molecule has 0 spiro atoms. The van der Waals surface area contributed by atoms with E-state index in [2.05, 4.69) is 9.80 Å². The van der Waals surface area contributed by atoms with Crippen molar-refractivity contribution in [3.63, 3.8) is 0 Å². The summed E-state index contributed by atoms with van der Waals surface area (Å²) in [6, 6.07) is 0.884. The van der Waals surface area contributed by atoms with Crippen LogP contribution in [0.2, 0.25) is 0 Å². The summed E-state index contributed by atoms with van der Waals surface area (Å²) in [5.41, 5.74) is 6.33. The van der Waals surface area contributed by atoms with Crippen LogP contribution in [0.5, 0.6) is 0 Å². The molecule has 4 heteroatoms. The number of nitrogens with zero attached hydrogens (tertiary/aromatic N) is 2. The van der Waals surface area contributed by atoms with Crippen molar-refractivity contribution in [3.05, 3.63) is 0 Å². The quantitative estimate of drug-likeness (QED) is 0.727. The standard InChI is InChI=1S/C12H23N3O/c13-9-12(15-5-7-16-8-6-15)3-4-14(10-12)11-1-2-11/h11H,1-10,13H2. The molecular formula is C12H23N3O. The largest absolute Gasteiger partial charge is 0.379 e. The molecule has 0 aromatic carbocycles. The molecule has 0 aromatic rings. The van der Waals surface area contributed by atoms with Crippen LogP contribution in [0.3, 0.4) is 0 Å². The first-order valence-electron chi connectivity index (χ1n) is 6.61. The first-order valence-corrected chi connectivity index (χ1v) is 6.61. The maximum Gasteiger partial charge on any atom is 0.0594 e. The average molecular weight is 225 g/mol. The molecule has 1 saturated carbocycles. The van der Waals surface area contributed by atoms with Gasteiger partial charge in [-0.25, -0.2) is 0 Å². The molecule has 16 heavy (non-hydrogen) atoms. The van der Waals surface area contributed by atoms with Crippen LogP contribution in [0, 0.1) is 0 Å². The smallest absolute Gasteiger partial charge is 0.0594 e. The van der Waals surface area contributed by atoms with Gasteiger partial charge in [-0.2, -0.15) is 0 Å². The maximum atomic E-state index is 6.07. The van der Waals surface area contributed by atoms with Crippen molar-refractivity contribution in [1.82, 2.24) is 9.80 Å². The Morgan fingerprint density at radius 3 is 2.56 bits per heavy atom. The second-order valence-corrected chi connectivity index (χ2v) is 5.48. The van der Waals surface area contributed by atoms with Gasteiger partial charge < -0.3 is 10.5 Å². The SMILES string of the molecule is NCC1(N2CCOCC2)CCN(C2CC2)C1. The Balaban J connectivity index is 1.67. The lowest BCUT2D eigenvalue weighted by Gasteiger charge is -2.42. The fraction of sp³-hybridized carbons (Fsp3) is 1.00. The van der Waals surface area contributed by atoms with Crippen LogP contribution in [0.1, 0.15) is 19.3 Å². The lowest BCUT2D eigenvalue weighted by Crippen LogP contribution is -2.59. The van der Waals surface area contributed by atoms with Gasteiger partial charge in [0.1, 0.15) is 0 Å². The molecule has 1 aliphatic carbocycles. The molecule has 2 N–H and O–H groups in total. The van der Waals surface area contributed by atoms with Crippen molar-refractivity contribution in [3.8, 4) is 0 Å². The Bertz CT molecular complexity index is 251. The summed E-state index contributed by atoms with van der Waals surface area (Å²) < 4.78 is 5.44. The molecule has 3 fully saturated rings. The Kier molecular flexibility index (Phi) is 2.92. The molecule has 2 aliphatic heterocycles. The summed E-state index contributed by atoms with van der Waals surface area (Å²) in [7, 11) is 0. The third-order valence-electron chi connectivity index (χ3n) is 4.49. The predicted molar refractivity (Wildman–Crippen MR) is 63.4 cm³/mol. The Labute approximate surface area is 97.7 Å². The first-order chi connectivity index (χ1) is 7.84. The highest BCUT2D eigenvalue weighted by atomic mass is 16.5. The van der Waals surface area contributed by atoms with E-state index in [1.165, 1.54) is 32.4 Å². The second-order valence-electron chi connectivity index (χ2n) is 5.48. The molecule has 92 valence electrons. The second kappa shape index (κ2) is 4.26. The van der Waals surface area contributed by atoms with Gasteiger partial charge in [0.25, 0.3) is 0 Å². The summed E-state index contributed by atoms with van der Waals surface area (Å²) in [4.78, 5) is 5.24. The molecule has 2 heterocycles. The number of ether oxygens (including phenoxy) is 1. The van der Waals surface area contributed by atoms with Crippen molar-refractivity contribution in [2.45, 2.75) is 30.8 Å². The molecule has 0 amide bonds. The van der Waals surface area contributed by atoms with Gasteiger partial charge in [-0.3, -0.25) is 9.80 Å². The molecule has 3 rings (SSSR count). The number of nitrogens with two attached hydrogens (primary N) is 1. The van der Waals surface area contributed by atoms with Gasteiger partial charge in [0.15, 0.2) is 0 Å². The van der Waals surface area contributed by atoms with Crippen molar-refractivity contribution >= 4 is 0 Å². The molecule has 0 aromatic heterocycles. The summed E-state index contributed by atoms with van der Waals surface area (Å²) in [5, 5.41) is 0. The van der Waals surface area contributed by atoms with Gasteiger partial charge in [0.2, 0.25) is 0 Å². The lowest BCUT2D eigenvalue weighted by molar-refractivity contribution is -0.0164. The van der Waals surface area contributed by atoms with Crippen LogP contribution in [-0.2, 0) is 4.74 Å². The Morgan fingerprint density at radius 2 is 1.94 bits per heavy atom. The van der Waals surface area contributed by atoms with Crippen LogP contribution in [0.4, 0.5) is 0 Å². The van der Waals surface area contributed by atoms with Gasteiger partial charge in [-0.15, -0.1) is 0 Å². The molecular weight excluding hydrogens is 202 g/mol. The third kappa shape index (κ3) is 1.88. The summed E-state index contributed by atoms with van der Waals surface area (Å²) >= 11 is 0. The maximum absolute atomic E-state index is 6.07. The zero-order valence-corrected chi connectivity index (χ0v) is 10.0. The number of hydrogen-bond acceptors (Lipinski definition) is 4. The van der Waals surface area contributed by atoms with Crippen LogP contribution in [0.25, 0.3) is 0 Å². The normalized spacial score (nSPS) is 38.1. The molecule has 0 bridgehead atoms. The van der Waals surface area contributed by atoms with Gasteiger partial charge >= 0.3 is 0 Å². The Morgan fingerprint density at radius 1 is 1.19 bits per heavy atom. The van der Waals surface area contributed by atoms with Crippen LogP contribution >= 0.6 is 0 Å². The van der Waals surface area contributed by atoms with Crippen LogP contribution in [-0.4, -0.2) is 67.3 Å². The minimum atomic E-state index is 0.256. The Hall–Kier alpha value is -0.160. The van der Waals surface area contributed by atoms with E-state index in [0.29, 0.717) is 0 Å². The van der Waals surface area contributed by atoms with Gasteiger partial charge in [-0.05, 0) is 19.3 Å². The molecule has 1 atom stereocenters. The zero-order valence-electron chi connectivity index (χ0n) is 10.0. The number of rotatable bonds is 3.